The van der Waals surface area contributed by atoms with Crippen LogP contribution < -0.4 is 0 Å². The lowest BCUT2D eigenvalue weighted by molar-refractivity contribution is 0.477. The van der Waals surface area contributed by atoms with Crippen molar-refractivity contribution in [3.05, 3.63) is 127 Å². The fourth-order valence-electron chi connectivity index (χ4n) is 4.23. The molecule has 0 bridgehead atoms. The predicted octanol–water partition coefficient (Wildman–Crippen LogP) is 7.51. The molecule has 0 saturated heterocycles. The molecule has 0 aliphatic rings. The van der Waals surface area contributed by atoms with Gasteiger partial charge in [0.2, 0.25) is 0 Å². The highest BCUT2D eigenvalue weighted by Crippen LogP contribution is 2.33. The highest BCUT2D eigenvalue weighted by Gasteiger charge is 2.23. The van der Waals surface area contributed by atoms with Crippen LogP contribution in [0.3, 0.4) is 0 Å². The topological polar surface area (TPSA) is 46.0 Å². The van der Waals surface area contributed by atoms with E-state index in [1.165, 1.54) is 11.1 Å². The second-order valence-electron chi connectivity index (χ2n) is 8.93. The van der Waals surface area contributed by atoms with Gasteiger partial charge in [0.05, 0.1) is 17.1 Å². The zero-order valence-electron chi connectivity index (χ0n) is 19.3. The molecule has 3 aromatic carbocycles. The lowest BCUT2D eigenvalue weighted by Gasteiger charge is -2.25. The number of phenols is 1. The predicted molar refractivity (Wildman–Crippen MR) is 139 cm³/mol. The van der Waals surface area contributed by atoms with Crippen LogP contribution in [-0.2, 0) is 5.41 Å². The molecule has 1 N–H and O–H groups in total. The van der Waals surface area contributed by atoms with Crippen LogP contribution >= 0.6 is 0 Å². The Morgan fingerprint density at radius 2 is 1.26 bits per heavy atom. The smallest absolute Gasteiger partial charge is 0.124 e. The molecule has 0 amide bonds. The minimum atomic E-state index is -0.123. The first-order valence-corrected chi connectivity index (χ1v) is 11.4. The fraction of sp³-hybridized carbons (Fsp3) is 0.0968. The van der Waals surface area contributed by atoms with Crippen LogP contribution in [0, 0.1) is 0 Å². The number of rotatable bonds is 5. The molecule has 5 rings (SSSR count). The highest BCUT2D eigenvalue weighted by atomic mass is 16.3. The van der Waals surface area contributed by atoms with Gasteiger partial charge in [0.1, 0.15) is 5.75 Å². The highest BCUT2D eigenvalue weighted by molar-refractivity contribution is 5.73. The molecule has 0 fully saturated rings. The van der Waals surface area contributed by atoms with Crippen molar-refractivity contribution in [2.24, 2.45) is 0 Å². The number of aromatic hydroxyl groups is 1. The van der Waals surface area contributed by atoms with E-state index in [4.69, 9.17) is 9.97 Å². The summed E-state index contributed by atoms with van der Waals surface area (Å²) in [7, 11) is 0. The van der Waals surface area contributed by atoms with E-state index in [2.05, 4.69) is 62.4 Å². The van der Waals surface area contributed by atoms with Crippen LogP contribution in [0.15, 0.2) is 115 Å². The largest absolute Gasteiger partial charge is 0.507 e. The maximum absolute atomic E-state index is 10.2. The molecule has 0 aliphatic carbocycles. The summed E-state index contributed by atoms with van der Waals surface area (Å²) < 4.78 is 0. The molecular weight excluding hydrogens is 416 g/mol. The van der Waals surface area contributed by atoms with E-state index in [1.54, 1.807) is 6.07 Å². The van der Waals surface area contributed by atoms with Crippen molar-refractivity contribution >= 4 is 0 Å². The van der Waals surface area contributed by atoms with E-state index in [9.17, 15) is 5.11 Å². The molecule has 0 unspecified atom stereocenters. The van der Waals surface area contributed by atoms with Gasteiger partial charge < -0.3 is 5.11 Å². The fourth-order valence-corrected chi connectivity index (χ4v) is 4.23. The minimum Gasteiger partial charge on any atom is -0.507 e. The Hall–Kier alpha value is -4.24. The van der Waals surface area contributed by atoms with E-state index >= 15 is 0 Å². The Morgan fingerprint density at radius 3 is 2.00 bits per heavy atom. The third-order valence-electron chi connectivity index (χ3n) is 6.36. The number of benzene rings is 3. The molecule has 2 heterocycles. The number of phenolic OH excluding ortho intramolecular Hbond substituents is 1. The Morgan fingerprint density at radius 1 is 0.588 bits per heavy atom. The zero-order valence-corrected chi connectivity index (χ0v) is 19.3. The maximum atomic E-state index is 10.2. The Balaban J connectivity index is 1.45. The summed E-state index contributed by atoms with van der Waals surface area (Å²) in [6.07, 6.45) is 1.98. The first kappa shape index (κ1) is 21.6. The van der Waals surface area contributed by atoms with E-state index in [1.807, 2.05) is 60.8 Å². The number of aromatic nitrogens is 2. The van der Waals surface area contributed by atoms with Gasteiger partial charge in [0.25, 0.3) is 0 Å². The normalized spacial score (nSPS) is 11.4. The number of para-hydroxylation sites is 1. The van der Waals surface area contributed by atoms with Crippen LogP contribution in [0.25, 0.3) is 33.8 Å². The second kappa shape index (κ2) is 8.95. The third-order valence-corrected chi connectivity index (χ3v) is 6.36. The van der Waals surface area contributed by atoms with E-state index < -0.39 is 0 Å². The van der Waals surface area contributed by atoms with Gasteiger partial charge in [-0.2, -0.15) is 0 Å². The van der Waals surface area contributed by atoms with Gasteiger partial charge in [-0.25, -0.2) is 4.98 Å². The summed E-state index contributed by atoms with van der Waals surface area (Å²) in [6, 6.07) is 36.2. The summed E-state index contributed by atoms with van der Waals surface area (Å²) in [5, 5.41) is 10.2. The standard InChI is InChI=1S/C31H26N2O/c1-31(2,24-12-4-3-5-13-24)25-18-19-27(32-21-25)22-10-8-11-23(20-22)28-15-9-16-29(33-28)26-14-6-7-17-30(26)34/h3-21,34H,1-2H3. The van der Waals surface area contributed by atoms with Crippen molar-refractivity contribution < 1.29 is 5.11 Å². The van der Waals surface area contributed by atoms with Crippen molar-refractivity contribution in [1.82, 2.24) is 9.97 Å². The lowest BCUT2D eigenvalue weighted by atomic mass is 9.79. The van der Waals surface area contributed by atoms with E-state index in [0.717, 1.165) is 33.8 Å². The molecule has 34 heavy (non-hydrogen) atoms. The van der Waals surface area contributed by atoms with E-state index in [-0.39, 0.29) is 11.2 Å². The van der Waals surface area contributed by atoms with Crippen LogP contribution in [0.1, 0.15) is 25.0 Å². The Bertz CT molecular complexity index is 1420. The van der Waals surface area contributed by atoms with Crippen LogP contribution in [0.4, 0.5) is 0 Å². The Labute approximate surface area is 200 Å². The average Bonchev–Trinajstić information content (AvgIpc) is 2.90. The second-order valence-corrected chi connectivity index (χ2v) is 8.93. The summed E-state index contributed by atoms with van der Waals surface area (Å²) in [5.74, 6) is 0.226. The first-order chi connectivity index (χ1) is 16.5. The molecule has 0 saturated carbocycles. The molecule has 0 atom stereocenters. The SMILES string of the molecule is CC(C)(c1ccccc1)c1ccc(-c2cccc(-c3cccc(-c4ccccc4O)n3)c2)nc1. The van der Waals surface area contributed by atoms with Crippen molar-refractivity contribution in [1.29, 1.82) is 0 Å². The van der Waals surface area contributed by atoms with Crippen LogP contribution in [-0.4, -0.2) is 15.1 Å². The van der Waals surface area contributed by atoms with Crippen molar-refractivity contribution in [2.75, 3.05) is 0 Å². The van der Waals surface area contributed by atoms with Crippen molar-refractivity contribution in [2.45, 2.75) is 19.3 Å². The summed E-state index contributed by atoms with van der Waals surface area (Å²) in [4.78, 5) is 9.61. The molecule has 2 aromatic heterocycles. The molecular formula is C31H26N2O. The van der Waals surface area contributed by atoms with Gasteiger partial charge in [-0.1, -0.05) is 86.6 Å². The van der Waals surface area contributed by atoms with Gasteiger partial charge in [0.15, 0.2) is 0 Å². The lowest BCUT2D eigenvalue weighted by Crippen LogP contribution is -2.18. The summed E-state index contributed by atoms with van der Waals surface area (Å²) in [5.41, 5.74) is 7.60. The van der Waals surface area contributed by atoms with Gasteiger partial charge in [-0.3, -0.25) is 4.98 Å². The average molecular weight is 443 g/mol. The van der Waals surface area contributed by atoms with E-state index in [0.29, 0.717) is 0 Å². The molecule has 5 aromatic rings. The zero-order chi connectivity index (χ0) is 23.5. The summed E-state index contributed by atoms with van der Waals surface area (Å²) in [6.45, 7) is 4.45. The molecule has 3 nitrogen and oxygen atoms in total. The number of pyridine rings is 2. The van der Waals surface area contributed by atoms with Crippen LogP contribution in [0.2, 0.25) is 0 Å². The van der Waals surface area contributed by atoms with Gasteiger partial charge >= 0.3 is 0 Å². The monoisotopic (exact) mass is 442 g/mol. The van der Waals surface area contributed by atoms with Gasteiger partial charge in [-0.15, -0.1) is 0 Å². The van der Waals surface area contributed by atoms with Gasteiger partial charge in [-0.05, 0) is 47.5 Å². The summed E-state index contributed by atoms with van der Waals surface area (Å²) >= 11 is 0. The molecule has 0 radical (unpaired) electrons. The van der Waals surface area contributed by atoms with Crippen LogP contribution in [0.5, 0.6) is 5.75 Å². The Kier molecular flexibility index (Phi) is 5.69. The molecule has 0 aliphatic heterocycles. The third kappa shape index (κ3) is 4.20. The molecule has 3 heteroatoms. The van der Waals surface area contributed by atoms with Gasteiger partial charge in [0, 0.05) is 28.3 Å². The number of nitrogens with zero attached hydrogens (tertiary/aromatic N) is 2. The number of hydrogen-bond acceptors (Lipinski definition) is 3. The molecule has 0 spiro atoms. The van der Waals surface area contributed by atoms with Crippen molar-refractivity contribution in [3.8, 4) is 39.5 Å². The van der Waals surface area contributed by atoms with Crippen molar-refractivity contribution in [3.63, 3.8) is 0 Å². The minimum absolute atomic E-state index is 0.123. The molecule has 166 valence electrons. The first-order valence-electron chi connectivity index (χ1n) is 11.4. The number of hydrogen-bond donors (Lipinski definition) is 1. The maximum Gasteiger partial charge on any atom is 0.124 e. The quantitative estimate of drug-likeness (QED) is 0.306.